The molecule has 2 aliphatic rings. The number of aromatic nitrogens is 2. The highest BCUT2D eigenvalue weighted by Crippen LogP contribution is 2.32. The average Bonchev–Trinajstić information content (AvgIpc) is 3.10. The van der Waals surface area contributed by atoms with Crippen LogP contribution in [0.15, 0.2) is 42.6 Å². The molecule has 0 saturated carbocycles. The summed E-state index contributed by atoms with van der Waals surface area (Å²) < 4.78 is 28.4. The molecule has 0 radical (unpaired) electrons. The molecule has 9 heteroatoms. The summed E-state index contributed by atoms with van der Waals surface area (Å²) in [6.45, 7) is 1.23. The monoisotopic (exact) mass is 469 g/mol. The summed E-state index contributed by atoms with van der Waals surface area (Å²) in [5.74, 6) is -0.680. The van der Waals surface area contributed by atoms with E-state index in [9.17, 15) is 13.6 Å². The second-order valence-corrected chi connectivity index (χ2v) is 8.66. The maximum absolute atomic E-state index is 14.5. The van der Waals surface area contributed by atoms with Crippen molar-refractivity contribution in [3.05, 3.63) is 81.6 Å². The van der Waals surface area contributed by atoms with E-state index in [2.05, 4.69) is 26.7 Å². The van der Waals surface area contributed by atoms with E-state index in [-0.39, 0.29) is 34.8 Å². The summed E-state index contributed by atoms with van der Waals surface area (Å²) in [6.07, 6.45) is 3.92. The van der Waals surface area contributed by atoms with E-state index >= 15 is 0 Å². The van der Waals surface area contributed by atoms with Gasteiger partial charge in [-0.1, -0.05) is 35.9 Å². The number of anilines is 2. The molecule has 0 fully saturated rings. The average molecular weight is 470 g/mol. The van der Waals surface area contributed by atoms with Gasteiger partial charge in [0, 0.05) is 25.2 Å². The molecule has 2 aromatic carbocycles. The summed E-state index contributed by atoms with van der Waals surface area (Å²) in [6, 6.07) is 10.1. The number of nitrogens with zero attached hydrogens (tertiary/aromatic N) is 3. The SMILES string of the molecule is O=C(NC1CCc2ccccc21)c1cnc2c(n1)N(Cc1cc(F)cc(Cl)c1F)CCCN2. The number of rotatable bonds is 4. The lowest BCUT2D eigenvalue weighted by molar-refractivity contribution is 0.0931. The third kappa shape index (κ3) is 4.35. The van der Waals surface area contributed by atoms with Gasteiger partial charge in [-0.15, -0.1) is 0 Å². The van der Waals surface area contributed by atoms with E-state index < -0.39 is 11.6 Å². The zero-order valence-electron chi connectivity index (χ0n) is 17.7. The van der Waals surface area contributed by atoms with Crippen LogP contribution in [0.1, 0.15) is 46.1 Å². The maximum atomic E-state index is 14.5. The van der Waals surface area contributed by atoms with Gasteiger partial charge in [-0.05, 0) is 42.5 Å². The molecule has 2 heterocycles. The Labute approximate surface area is 195 Å². The van der Waals surface area contributed by atoms with Gasteiger partial charge in [0.15, 0.2) is 11.6 Å². The van der Waals surface area contributed by atoms with Crippen LogP contribution in [-0.4, -0.2) is 29.0 Å². The predicted molar refractivity (Wildman–Crippen MR) is 123 cm³/mol. The number of nitrogens with one attached hydrogen (secondary N) is 2. The largest absolute Gasteiger partial charge is 0.367 e. The van der Waals surface area contributed by atoms with Crippen molar-refractivity contribution < 1.29 is 13.6 Å². The van der Waals surface area contributed by atoms with Crippen molar-refractivity contribution in [3.63, 3.8) is 0 Å². The Morgan fingerprint density at radius 1 is 1.27 bits per heavy atom. The topological polar surface area (TPSA) is 70.2 Å². The van der Waals surface area contributed by atoms with Gasteiger partial charge >= 0.3 is 0 Å². The number of carbonyl (C=O) groups is 1. The van der Waals surface area contributed by atoms with E-state index in [1.54, 1.807) is 4.90 Å². The fourth-order valence-corrected chi connectivity index (χ4v) is 4.67. The van der Waals surface area contributed by atoms with Gasteiger partial charge in [0.2, 0.25) is 0 Å². The second-order valence-electron chi connectivity index (χ2n) is 8.25. The first-order valence-corrected chi connectivity index (χ1v) is 11.3. The van der Waals surface area contributed by atoms with Gasteiger partial charge in [-0.2, -0.15) is 0 Å². The first-order chi connectivity index (χ1) is 16.0. The van der Waals surface area contributed by atoms with Gasteiger partial charge < -0.3 is 15.5 Å². The van der Waals surface area contributed by atoms with Crippen LogP contribution in [0.5, 0.6) is 0 Å². The van der Waals surface area contributed by atoms with E-state index in [4.69, 9.17) is 11.6 Å². The van der Waals surface area contributed by atoms with Crippen molar-refractivity contribution in [2.24, 2.45) is 0 Å². The van der Waals surface area contributed by atoms with Crippen molar-refractivity contribution in [1.29, 1.82) is 0 Å². The molecular formula is C24H22ClF2N5O. The molecule has 1 aliphatic carbocycles. The van der Waals surface area contributed by atoms with Crippen LogP contribution in [0, 0.1) is 11.6 Å². The molecule has 1 amide bonds. The smallest absolute Gasteiger partial charge is 0.272 e. The number of hydrogen-bond donors (Lipinski definition) is 2. The van der Waals surface area contributed by atoms with Gasteiger partial charge in [0.1, 0.15) is 17.3 Å². The van der Waals surface area contributed by atoms with Crippen molar-refractivity contribution in [3.8, 4) is 0 Å². The summed E-state index contributed by atoms with van der Waals surface area (Å²) >= 11 is 5.83. The molecule has 0 spiro atoms. The zero-order chi connectivity index (χ0) is 22.9. The van der Waals surface area contributed by atoms with Crippen LogP contribution in [0.3, 0.4) is 0 Å². The zero-order valence-corrected chi connectivity index (χ0v) is 18.5. The lowest BCUT2D eigenvalue weighted by Crippen LogP contribution is -2.30. The van der Waals surface area contributed by atoms with Crippen LogP contribution in [0.2, 0.25) is 5.02 Å². The minimum Gasteiger partial charge on any atom is -0.367 e. The third-order valence-corrected chi connectivity index (χ3v) is 6.33. The third-order valence-electron chi connectivity index (χ3n) is 6.05. The summed E-state index contributed by atoms with van der Waals surface area (Å²) in [4.78, 5) is 23.8. The second kappa shape index (κ2) is 8.94. The summed E-state index contributed by atoms with van der Waals surface area (Å²) in [5, 5.41) is 5.98. The number of hydrogen-bond acceptors (Lipinski definition) is 5. The minimum absolute atomic E-state index is 0.0494. The molecule has 5 rings (SSSR count). The van der Waals surface area contributed by atoms with E-state index in [0.717, 1.165) is 37.0 Å². The fraction of sp³-hybridized carbons (Fsp3) is 0.292. The maximum Gasteiger partial charge on any atom is 0.272 e. The Morgan fingerprint density at radius 3 is 3.00 bits per heavy atom. The number of amides is 1. The number of halogens is 3. The Morgan fingerprint density at radius 2 is 2.12 bits per heavy atom. The molecule has 170 valence electrons. The summed E-state index contributed by atoms with van der Waals surface area (Å²) in [7, 11) is 0. The van der Waals surface area contributed by atoms with Crippen LogP contribution in [0.4, 0.5) is 20.4 Å². The van der Waals surface area contributed by atoms with Crippen LogP contribution < -0.4 is 15.5 Å². The van der Waals surface area contributed by atoms with Crippen LogP contribution in [0.25, 0.3) is 0 Å². The van der Waals surface area contributed by atoms with Gasteiger partial charge in [-0.25, -0.2) is 18.7 Å². The van der Waals surface area contributed by atoms with Crippen molar-refractivity contribution in [1.82, 2.24) is 15.3 Å². The molecule has 0 bridgehead atoms. The molecule has 0 saturated heterocycles. The Kier molecular flexibility index (Phi) is 5.85. The predicted octanol–water partition coefficient (Wildman–Crippen LogP) is 4.65. The molecule has 3 aromatic rings. The molecular weight excluding hydrogens is 448 g/mol. The first-order valence-electron chi connectivity index (χ1n) is 10.9. The highest BCUT2D eigenvalue weighted by atomic mass is 35.5. The van der Waals surface area contributed by atoms with E-state index in [1.807, 2.05) is 18.2 Å². The van der Waals surface area contributed by atoms with Gasteiger partial charge in [-0.3, -0.25) is 4.79 Å². The minimum atomic E-state index is -0.668. The molecule has 1 atom stereocenters. The van der Waals surface area contributed by atoms with E-state index in [0.29, 0.717) is 24.7 Å². The summed E-state index contributed by atoms with van der Waals surface area (Å²) in [5.41, 5.74) is 2.65. The highest BCUT2D eigenvalue weighted by Gasteiger charge is 2.26. The van der Waals surface area contributed by atoms with Crippen molar-refractivity contribution in [2.45, 2.75) is 31.8 Å². The number of fused-ring (bicyclic) bond motifs is 2. The Bertz CT molecular complexity index is 1220. The molecule has 1 aromatic heterocycles. The Hall–Kier alpha value is -3.26. The van der Waals surface area contributed by atoms with Gasteiger partial charge in [0.05, 0.1) is 17.3 Å². The van der Waals surface area contributed by atoms with E-state index in [1.165, 1.54) is 11.8 Å². The van der Waals surface area contributed by atoms with Gasteiger partial charge in [0.25, 0.3) is 5.91 Å². The normalized spacial score (nSPS) is 17.1. The van der Waals surface area contributed by atoms with Crippen LogP contribution in [-0.2, 0) is 13.0 Å². The van der Waals surface area contributed by atoms with Crippen LogP contribution >= 0.6 is 11.6 Å². The Balaban J connectivity index is 1.41. The molecule has 2 N–H and O–H groups in total. The standard InChI is InChI=1S/C24H22ClF2N5O/c25-18-11-16(26)10-15(21(18)27)13-32-9-3-8-28-22-23(32)30-20(12-29-22)24(33)31-19-7-6-14-4-1-2-5-17(14)19/h1-2,4-5,10-12,19H,3,6-9,13H2,(H,28,29)(H,31,33). The molecule has 1 aliphatic heterocycles. The molecule has 6 nitrogen and oxygen atoms in total. The highest BCUT2D eigenvalue weighted by molar-refractivity contribution is 6.30. The quantitative estimate of drug-likeness (QED) is 0.544. The van der Waals surface area contributed by atoms with Crippen molar-refractivity contribution in [2.75, 3.05) is 23.3 Å². The number of benzene rings is 2. The number of carbonyl (C=O) groups excluding carboxylic acids is 1. The fourth-order valence-electron chi connectivity index (χ4n) is 4.44. The first kappa shape index (κ1) is 21.6. The molecule has 33 heavy (non-hydrogen) atoms. The molecule has 1 unspecified atom stereocenters. The lowest BCUT2D eigenvalue weighted by Gasteiger charge is -2.24. The number of aryl methyl sites for hydroxylation is 1. The lowest BCUT2D eigenvalue weighted by atomic mass is 10.1. The van der Waals surface area contributed by atoms with Crippen molar-refractivity contribution >= 4 is 29.1 Å².